The Morgan fingerprint density at radius 3 is 2.88 bits per heavy atom. The van der Waals surface area contributed by atoms with Gasteiger partial charge in [-0.2, -0.15) is 0 Å². The lowest BCUT2D eigenvalue weighted by Crippen LogP contribution is -2.05. The number of hydrogen-bond donors (Lipinski definition) is 1. The maximum Gasteiger partial charge on any atom is 0.278 e. The maximum absolute atomic E-state index is 13.6. The molecule has 0 amide bonds. The zero-order chi connectivity index (χ0) is 11.8. The van der Waals surface area contributed by atoms with Gasteiger partial charge in [0.1, 0.15) is 10.8 Å². The van der Waals surface area contributed by atoms with Crippen molar-refractivity contribution in [1.82, 2.24) is 15.0 Å². The number of nitrogens with one attached hydrogen (secondary N) is 1. The highest BCUT2D eigenvalue weighted by atomic mass is 32.1. The maximum atomic E-state index is 13.6. The SMILES string of the molecule is O=c1[nH]cnc2sc(-c3ccccc3F)nc12. The molecule has 1 aromatic carbocycles. The Kier molecular flexibility index (Phi) is 2.22. The summed E-state index contributed by atoms with van der Waals surface area (Å²) < 4.78 is 13.6. The Labute approximate surface area is 98.8 Å². The summed E-state index contributed by atoms with van der Waals surface area (Å²) in [7, 11) is 0. The smallest absolute Gasteiger partial charge is 0.278 e. The number of nitrogens with zero attached hydrogens (tertiary/aromatic N) is 2. The summed E-state index contributed by atoms with van der Waals surface area (Å²) in [6, 6.07) is 6.32. The van der Waals surface area contributed by atoms with Crippen molar-refractivity contribution in [2.45, 2.75) is 0 Å². The molecule has 0 unspecified atom stereocenters. The Balaban J connectivity index is 2.30. The Morgan fingerprint density at radius 2 is 2.12 bits per heavy atom. The number of rotatable bonds is 1. The molecule has 0 radical (unpaired) electrons. The first-order valence-corrected chi connectivity index (χ1v) is 5.66. The number of thiazole rings is 1. The highest BCUT2D eigenvalue weighted by Crippen LogP contribution is 2.28. The molecule has 2 heterocycles. The first kappa shape index (κ1) is 10.1. The van der Waals surface area contributed by atoms with Crippen molar-refractivity contribution < 1.29 is 4.39 Å². The van der Waals surface area contributed by atoms with Crippen LogP contribution in [0.4, 0.5) is 4.39 Å². The minimum Gasteiger partial charge on any atom is -0.311 e. The molecule has 1 N–H and O–H groups in total. The molecule has 0 aliphatic rings. The molecule has 0 bridgehead atoms. The average Bonchev–Trinajstić information content (AvgIpc) is 2.75. The first-order valence-electron chi connectivity index (χ1n) is 4.85. The summed E-state index contributed by atoms with van der Waals surface area (Å²) >= 11 is 1.20. The first-order chi connectivity index (χ1) is 8.25. The van der Waals surface area contributed by atoms with E-state index in [0.29, 0.717) is 15.4 Å². The van der Waals surface area contributed by atoms with Crippen molar-refractivity contribution in [3.05, 3.63) is 46.8 Å². The zero-order valence-electron chi connectivity index (χ0n) is 8.48. The molecule has 3 rings (SSSR count). The number of hydrogen-bond acceptors (Lipinski definition) is 4. The van der Waals surface area contributed by atoms with E-state index in [1.807, 2.05) is 0 Å². The molecule has 0 fully saturated rings. The van der Waals surface area contributed by atoms with Crippen LogP contribution in [0.5, 0.6) is 0 Å². The van der Waals surface area contributed by atoms with Crippen LogP contribution in [0, 0.1) is 5.82 Å². The van der Waals surface area contributed by atoms with Crippen molar-refractivity contribution in [2.24, 2.45) is 0 Å². The van der Waals surface area contributed by atoms with E-state index < -0.39 is 0 Å². The van der Waals surface area contributed by atoms with Crippen LogP contribution in [0.15, 0.2) is 35.4 Å². The predicted molar refractivity (Wildman–Crippen MR) is 63.4 cm³/mol. The van der Waals surface area contributed by atoms with Crippen LogP contribution in [0.25, 0.3) is 20.9 Å². The van der Waals surface area contributed by atoms with Crippen LogP contribution in [-0.4, -0.2) is 15.0 Å². The van der Waals surface area contributed by atoms with Crippen LogP contribution >= 0.6 is 11.3 Å². The molecule has 0 aliphatic heterocycles. The van der Waals surface area contributed by atoms with Crippen LogP contribution in [0.3, 0.4) is 0 Å². The highest BCUT2D eigenvalue weighted by Gasteiger charge is 2.12. The van der Waals surface area contributed by atoms with Crippen LogP contribution in [0.1, 0.15) is 0 Å². The van der Waals surface area contributed by atoms with Gasteiger partial charge in [0.15, 0.2) is 10.3 Å². The summed E-state index contributed by atoms with van der Waals surface area (Å²) in [5.74, 6) is -0.358. The lowest BCUT2D eigenvalue weighted by atomic mass is 10.2. The van der Waals surface area contributed by atoms with Crippen molar-refractivity contribution in [1.29, 1.82) is 0 Å². The van der Waals surface area contributed by atoms with Crippen LogP contribution in [-0.2, 0) is 0 Å². The van der Waals surface area contributed by atoms with E-state index in [9.17, 15) is 9.18 Å². The van der Waals surface area contributed by atoms with Crippen LogP contribution < -0.4 is 5.56 Å². The van der Waals surface area contributed by atoms with Gasteiger partial charge in [0, 0.05) is 5.56 Å². The van der Waals surface area contributed by atoms with E-state index in [0.717, 1.165) is 0 Å². The summed E-state index contributed by atoms with van der Waals surface area (Å²) in [6.07, 6.45) is 1.31. The lowest BCUT2D eigenvalue weighted by molar-refractivity contribution is 0.631. The van der Waals surface area contributed by atoms with E-state index in [1.54, 1.807) is 18.2 Å². The van der Waals surface area contributed by atoms with Crippen LogP contribution in [0.2, 0.25) is 0 Å². The molecule has 4 nitrogen and oxygen atoms in total. The third-order valence-corrected chi connectivity index (χ3v) is 3.30. The fraction of sp³-hybridized carbons (Fsp3) is 0. The molecule has 0 spiro atoms. The molecular formula is C11H6FN3OS. The van der Waals surface area contributed by atoms with Gasteiger partial charge < -0.3 is 4.98 Å². The van der Waals surface area contributed by atoms with E-state index in [2.05, 4.69) is 15.0 Å². The number of aromatic amines is 1. The van der Waals surface area contributed by atoms with E-state index in [-0.39, 0.29) is 16.9 Å². The zero-order valence-corrected chi connectivity index (χ0v) is 9.29. The third-order valence-electron chi connectivity index (χ3n) is 2.31. The van der Waals surface area contributed by atoms with Crippen molar-refractivity contribution >= 4 is 21.7 Å². The molecule has 0 saturated carbocycles. The quantitative estimate of drug-likeness (QED) is 0.717. The summed E-state index contributed by atoms with van der Waals surface area (Å²) in [4.78, 5) is 22.5. The monoisotopic (exact) mass is 247 g/mol. The van der Waals surface area contributed by atoms with Crippen molar-refractivity contribution in [2.75, 3.05) is 0 Å². The normalized spacial score (nSPS) is 10.9. The fourth-order valence-electron chi connectivity index (χ4n) is 1.52. The second kappa shape index (κ2) is 3.74. The van der Waals surface area contributed by atoms with Gasteiger partial charge in [-0.25, -0.2) is 14.4 Å². The van der Waals surface area contributed by atoms with Gasteiger partial charge in [-0.15, -0.1) is 0 Å². The second-order valence-electron chi connectivity index (χ2n) is 3.38. The number of aromatic nitrogens is 3. The molecule has 6 heteroatoms. The Bertz CT molecular complexity index is 750. The molecule has 0 aliphatic carbocycles. The van der Waals surface area contributed by atoms with Gasteiger partial charge in [0.05, 0.1) is 6.33 Å². The lowest BCUT2D eigenvalue weighted by Gasteiger charge is -1.95. The highest BCUT2D eigenvalue weighted by molar-refractivity contribution is 7.21. The average molecular weight is 247 g/mol. The summed E-state index contributed by atoms with van der Waals surface area (Å²) in [6.45, 7) is 0. The second-order valence-corrected chi connectivity index (χ2v) is 4.36. The van der Waals surface area contributed by atoms with E-state index in [4.69, 9.17) is 0 Å². The number of H-pyrrole nitrogens is 1. The molecule has 84 valence electrons. The molecular weight excluding hydrogens is 241 g/mol. The van der Waals surface area contributed by atoms with E-state index >= 15 is 0 Å². The minimum atomic E-state index is -0.358. The van der Waals surface area contributed by atoms with Crippen molar-refractivity contribution in [3.63, 3.8) is 0 Å². The topological polar surface area (TPSA) is 58.6 Å². The Morgan fingerprint density at radius 1 is 1.29 bits per heavy atom. The third kappa shape index (κ3) is 1.62. The standard InChI is InChI=1S/C11H6FN3OS/c12-7-4-2-1-3-6(7)10-15-8-9(16)13-5-14-11(8)17-10/h1-5H,(H,13,14,16). The Hall–Kier alpha value is -2.08. The summed E-state index contributed by atoms with van der Waals surface area (Å²) in [5, 5.41) is 0.460. The molecule has 0 atom stereocenters. The fourth-order valence-corrected chi connectivity index (χ4v) is 2.45. The van der Waals surface area contributed by atoms with Crippen molar-refractivity contribution in [3.8, 4) is 10.6 Å². The van der Waals surface area contributed by atoms with E-state index in [1.165, 1.54) is 23.7 Å². The van der Waals surface area contributed by atoms with Gasteiger partial charge >= 0.3 is 0 Å². The van der Waals surface area contributed by atoms with Gasteiger partial charge in [-0.1, -0.05) is 23.5 Å². The largest absolute Gasteiger partial charge is 0.311 e. The van der Waals surface area contributed by atoms with Gasteiger partial charge in [-0.05, 0) is 12.1 Å². The number of halogens is 1. The number of fused-ring (bicyclic) bond motifs is 1. The van der Waals surface area contributed by atoms with Gasteiger partial charge in [0.2, 0.25) is 0 Å². The van der Waals surface area contributed by atoms with Gasteiger partial charge in [0.25, 0.3) is 5.56 Å². The number of benzene rings is 1. The molecule has 3 aromatic rings. The molecule has 2 aromatic heterocycles. The molecule has 17 heavy (non-hydrogen) atoms. The summed E-state index contributed by atoms with van der Waals surface area (Å²) in [5.41, 5.74) is 0.319. The minimum absolute atomic E-state index is 0.246. The predicted octanol–water partition coefficient (Wildman–Crippen LogP) is 2.19. The van der Waals surface area contributed by atoms with Gasteiger partial charge in [-0.3, -0.25) is 4.79 Å². The molecule has 0 saturated heterocycles.